The van der Waals surface area contributed by atoms with Gasteiger partial charge in [0.25, 0.3) is 0 Å². The Morgan fingerprint density at radius 2 is 1.49 bits per heavy atom. The maximum atomic E-state index is 12.7. The van der Waals surface area contributed by atoms with E-state index in [9.17, 15) is 40.5 Å². The van der Waals surface area contributed by atoms with Crippen LogP contribution in [0.3, 0.4) is 0 Å². The molecule has 0 saturated carbocycles. The standard InChI is InChI=1S/C27H34O12/c1-36-17-7-5-14-8-13(2-4-15(14)9-17)3-6-16(30)10-18-21(31)24(34)26(20(12-29)37-18)39-27-25(35)23(33)22(32)19(11-28)38-27/h2-9,18-29,31-35H,10-12H2,1H3/b6-3+/t18-,19+,20+,21-,22+,23-,24+,25+,26+,27-/m0/s1. The molecular weight excluding hydrogens is 516 g/mol. The molecule has 2 heterocycles. The fraction of sp³-hybridized carbons (Fsp3) is 0.519. The smallest absolute Gasteiger partial charge is 0.187 e. The van der Waals surface area contributed by atoms with Crippen LogP contribution in [0.5, 0.6) is 5.75 Å². The molecule has 10 atom stereocenters. The molecule has 2 aromatic rings. The number of allylic oxidation sites excluding steroid dienone is 1. The van der Waals surface area contributed by atoms with Crippen molar-refractivity contribution >= 4 is 22.6 Å². The van der Waals surface area contributed by atoms with Gasteiger partial charge in [0.05, 0.1) is 26.4 Å². The lowest BCUT2D eigenvalue weighted by Crippen LogP contribution is -2.64. The monoisotopic (exact) mass is 550 g/mol. The van der Waals surface area contributed by atoms with Gasteiger partial charge in [-0.05, 0) is 40.6 Å². The second-order valence-electron chi connectivity index (χ2n) is 9.65. The van der Waals surface area contributed by atoms with Crippen molar-refractivity contribution in [1.82, 2.24) is 0 Å². The Labute approximate surface area is 224 Å². The van der Waals surface area contributed by atoms with E-state index >= 15 is 0 Å². The van der Waals surface area contributed by atoms with E-state index in [-0.39, 0.29) is 6.42 Å². The molecule has 12 nitrogen and oxygen atoms in total. The van der Waals surface area contributed by atoms with Gasteiger partial charge in [0, 0.05) is 6.42 Å². The number of rotatable bonds is 9. The minimum absolute atomic E-state index is 0.303. The topological polar surface area (TPSA) is 196 Å². The molecule has 12 heteroatoms. The summed E-state index contributed by atoms with van der Waals surface area (Å²) < 4.78 is 21.7. The Hall–Kier alpha value is -2.49. The summed E-state index contributed by atoms with van der Waals surface area (Å²) >= 11 is 0. The van der Waals surface area contributed by atoms with Crippen LogP contribution in [0.2, 0.25) is 0 Å². The highest BCUT2D eigenvalue weighted by molar-refractivity contribution is 5.95. The summed E-state index contributed by atoms with van der Waals surface area (Å²) in [5.41, 5.74) is 0.771. The maximum absolute atomic E-state index is 12.7. The first-order valence-electron chi connectivity index (χ1n) is 12.5. The number of carbonyl (C=O) groups excluding carboxylic acids is 1. The molecule has 0 aliphatic carbocycles. The first-order chi connectivity index (χ1) is 18.7. The SMILES string of the molecule is COc1ccc2cc(/C=C/C(=O)C[C@@H]3O[C@H](CO)[C@@H](O[C@@H]4O[C@H](CO)[C@@H](O)[C@H](O)[C@H]4O)[C@H](O)[C@H]3O)ccc2c1. The summed E-state index contributed by atoms with van der Waals surface area (Å²) in [4.78, 5) is 12.7. The molecule has 0 unspecified atom stereocenters. The fourth-order valence-electron chi connectivity index (χ4n) is 4.76. The average Bonchev–Trinajstić information content (AvgIpc) is 2.95. The van der Waals surface area contributed by atoms with Gasteiger partial charge in [-0.3, -0.25) is 4.79 Å². The molecule has 0 bridgehead atoms. The van der Waals surface area contributed by atoms with Crippen LogP contribution in [-0.2, 0) is 19.0 Å². The van der Waals surface area contributed by atoms with E-state index in [1.807, 2.05) is 36.4 Å². The van der Waals surface area contributed by atoms with Gasteiger partial charge in [-0.1, -0.05) is 24.3 Å². The summed E-state index contributed by atoms with van der Waals surface area (Å²) in [5.74, 6) is 0.335. The van der Waals surface area contributed by atoms with Crippen molar-refractivity contribution in [3.63, 3.8) is 0 Å². The Morgan fingerprint density at radius 3 is 2.18 bits per heavy atom. The molecule has 2 aliphatic heterocycles. The summed E-state index contributed by atoms with van der Waals surface area (Å²) in [6.07, 6.45) is -12.4. The van der Waals surface area contributed by atoms with Crippen molar-refractivity contribution in [2.24, 2.45) is 0 Å². The molecule has 0 aromatic heterocycles. The maximum Gasteiger partial charge on any atom is 0.187 e. The van der Waals surface area contributed by atoms with Crippen molar-refractivity contribution in [1.29, 1.82) is 0 Å². The van der Waals surface area contributed by atoms with Crippen molar-refractivity contribution in [3.05, 3.63) is 48.0 Å². The summed E-state index contributed by atoms with van der Waals surface area (Å²) in [6, 6.07) is 11.3. The van der Waals surface area contributed by atoms with E-state index in [0.717, 1.165) is 22.1 Å². The number of benzene rings is 2. The molecule has 0 radical (unpaired) electrons. The quantitative estimate of drug-likeness (QED) is 0.179. The number of aliphatic hydroxyl groups excluding tert-OH is 7. The third-order valence-corrected chi connectivity index (χ3v) is 7.04. The molecular formula is C27H34O12. The number of hydrogen-bond acceptors (Lipinski definition) is 12. The molecule has 39 heavy (non-hydrogen) atoms. The first-order valence-corrected chi connectivity index (χ1v) is 12.5. The summed E-state index contributed by atoms with van der Waals surface area (Å²) in [5, 5.41) is 72.6. The third-order valence-electron chi connectivity index (χ3n) is 7.04. The molecule has 2 aromatic carbocycles. The summed E-state index contributed by atoms with van der Waals surface area (Å²) in [6.45, 7) is -1.36. The van der Waals surface area contributed by atoms with E-state index in [0.29, 0.717) is 0 Å². The second-order valence-corrected chi connectivity index (χ2v) is 9.65. The zero-order valence-electron chi connectivity index (χ0n) is 21.2. The highest BCUT2D eigenvalue weighted by Crippen LogP contribution is 2.30. The number of ketones is 1. The highest BCUT2D eigenvalue weighted by atomic mass is 16.7. The minimum Gasteiger partial charge on any atom is -0.497 e. The minimum atomic E-state index is -1.76. The van der Waals surface area contributed by atoms with Gasteiger partial charge in [-0.2, -0.15) is 0 Å². The van der Waals surface area contributed by atoms with E-state index in [1.165, 1.54) is 6.08 Å². The number of ether oxygens (including phenoxy) is 4. The van der Waals surface area contributed by atoms with E-state index in [2.05, 4.69) is 0 Å². The molecule has 2 aliphatic rings. The van der Waals surface area contributed by atoms with Crippen LogP contribution in [0.1, 0.15) is 12.0 Å². The largest absolute Gasteiger partial charge is 0.497 e. The lowest BCUT2D eigenvalue weighted by atomic mass is 9.92. The first kappa shape index (κ1) is 29.5. The van der Waals surface area contributed by atoms with Crippen molar-refractivity contribution in [2.75, 3.05) is 20.3 Å². The molecule has 2 saturated heterocycles. The van der Waals surface area contributed by atoms with Crippen LogP contribution in [0.4, 0.5) is 0 Å². The number of aliphatic hydroxyl groups is 7. The molecule has 7 N–H and O–H groups in total. The molecule has 2 fully saturated rings. The molecule has 4 rings (SSSR count). The number of hydrogen-bond donors (Lipinski definition) is 7. The van der Waals surface area contributed by atoms with Crippen LogP contribution in [-0.4, -0.2) is 123 Å². The fourth-order valence-corrected chi connectivity index (χ4v) is 4.76. The van der Waals surface area contributed by atoms with E-state index < -0.39 is 80.2 Å². The van der Waals surface area contributed by atoms with Crippen molar-refractivity contribution < 1.29 is 59.5 Å². The third kappa shape index (κ3) is 6.47. The average molecular weight is 551 g/mol. The molecule has 0 spiro atoms. The summed E-state index contributed by atoms with van der Waals surface area (Å²) in [7, 11) is 1.59. The zero-order valence-corrected chi connectivity index (χ0v) is 21.2. The predicted molar refractivity (Wildman–Crippen MR) is 136 cm³/mol. The Morgan fingerprint density at radius 1 is 0.821 bits per heavy atom. The van der Waals surface area contributed by atoms with Gasteiger partial charge in [-0.15, -0.1) is 0 Å². The van der Waals surface area contributed by atoms with Gasteiger partial charge in [0.2, 0.25) is 0 Å². The number of methoxy groups -OCH3 is 1. The van der Waals surface area contributed by atoms with Crippen LogP contribution < -0.4 is 4.74 Å². The van der Waals surface area contributed by atoms with Gasteiger partial charge in [0.1, 0.15) is 54.6 Å². The van der Waals surface area contributed by atoms with Crippen LogP contribution in [0.25, 0.3) is 16.8 Å². The number of carbonyl (C=O) groups is 1. The van der Waals surface area contributed by atoms with Gasteiger partial charge in [-0.25, -0.2) is 0 Å². The Bertz CT molecular complexity index is 1150. The normalized spacial score (nSPS) is 35.4. The van der Waals surface area contributed by atoms with E-state index in [1.54, 1.807) is 13.2 Å². The Kier molecular flexibility index (Phi) is 9.67. The van der Waals surface area contributed by atoms with E-state index in [4.69, 9.17) is 18.9 Å². The van der Waals surface area contributed by atoms with Crippen LogP contribution in [0, 0.1) is 0 Å². The van der Waals surface area contributed by atoms with Crippen LogP contribution >= 0.6 is 0 Å². The van der Waals surface area contributed by atoms with Crippen molar-refractivity contribution in [3.8, 4) is 5.75 Å². The highest BCUT2D eigenvalue weighted by Gasteiger charge is 2.50. The van der Waals surface area contributed by atoms with Crippen molar-refractivity contribution in [2.45, 2.75) is 67.6 Å². The Balaban J connectivity index is 1.39. The van der Waals surface area contributed by atoms with Crippen LogP contribution in [0.15, 0.2) is 42.5 Å². The van der Waals surface area contributed by atoms with Gasteiger partial charge < -0.3 is 54.7 Å². The zero-order chi connectivity index (χ0) is 28.3. The van der Waals surface area contributed by atoms with Gasteiger partial charge >= 0.3 is 0 Å². The molecule has 214 valence electrons. The lowest BCUT2D eigenvalue weighted by Gasteiger charge is -2.46. The predicted octanol–water partition coefficient (Wildman–Crippen LogP) is -1.51. The molecule has 0 amide bonds. The van der Waals surface area contributed by atoms with Gasteiger partial charge in [0.15, 0.2) is 12.1 Å². The number of fused-ring (bicyclic) bond motifs is 1. The lowest BCUT2D eigenvalue weighted by molar-refractivity contribution is -0.341. The second kappa shape index (κ2) is 12.8.